The van der Waals surface area contributed by atoms with E-state index in [9.17, 15) is 8.78 Å². The molecule has 5 heteroatoms. The van der Waals surface area contributed by atoms with Crippen LogP contribution in [0.3, 0.4) is 0 Å². The van der Waals surface area contributed by atoms with Crippen LogP contribution in [0.5, 0.6) is 0 Å². The topological polar surface area (TPSA) is 29.9 Å². The summed E-state index contributed by atoms with van der Waals surface area (Å²) in [4.78, 5) is 0. The van der Waals surface area contributed by atoms with Gasteiger partial charge >= 0.3 is 0 Å². The van der Waals surface area contributed by atoms with Crippen LogP contribution in [0.15, 0.2) is 24.4 Å². The van der Waals surface area contributed by atoms with Crippen LogP contribution in [-0.4, -0.2) is 16.8 Å². The Hall–Kier alpha value is -1.75. The lowest BCUT2D eigenvalue weighted by Gasteiger charge is -2.16. The van der Waals surface area contributed by atoms with Crippen molar-refractivity contribution in [3.8, 4) is 0 Å². The Bertz CT molecular complexity index is 543. The molecule has 1 heterocycles. The van der Waals surface area contributed by atoms with Crippen LogP contribution in [0.25, 0.3) is 0 Å². The van der Waals surface area contributed by atoms with Crippen LogP contribution in [0, 0.1) is 18.6 Å². The minimum absolute atomic E-state index is 0.274. The molecule has 0 saturated heterocycles. The van der Waals surface area contributed by atoms with Crippen molar-refractivity contribution in [2.24, 2.45) is 7.05 Å². The fourth-order valence-electron chi connectivity index (χ4n) is 2.04. The molecule has 0 fully saturated rings. The van der Waals surface area contributed by atoms with Gasteiger partial charge < -0.3 is 5.32 Å². The van der Waals surface area contributed by atoms with Crippen molar-refractivity contribution in [2.45, 2.75) is 13.0 Å². The predicted octanol–water partition coefficient (Wildman–Crippen LogP) is 2.32. The van der Waals surface area contributed by atoms with Gasteiger partial charge in [-0.1, -0.05) is 0 Å². The highest BCUT2D eigenvalue weighted by Crippen LogP contribution is 2.25. The first-order valence-corrected chi connectivity index (χ1v) is 5.64. The highest BCUT2D eigenvalue weighted by atomic mass is 19.1. The standard InChI is InChI=1S/C13H15F2N3/c1-8-12(7-17-18(8)3)13(16-2)9-4-10(14)6-11(15)5-9/h4-7,13,16H,1-3H3. The van der Waals surface area contributed by atoms with Gasteiger partial charge in [0.2, 0.25) is 0 Å². The summed E-state index contributed by atoms with van der Waals surface area (Å²) in [6.07, 6.45) is 1.71. The largest absolute Gasteiger partial charge is 0.309 e. The van der Waals surface area contributed by atoms with Crippen LogP contribution in [-0.2, 0) is 7.05 Å². The molecule has 1 aromatic heterocycles. The molecule has 1 aromatic carbocycles. The fourth-order valence-corrected chi connectivity index (χ4v) is 2.04. The van der Waals surface area contributed by atoms with Gasteiger partial charge in [-0.3, -0.25) is 4.68 Å². The maximum atomic E-state index is 13.3. The van der Waals surface area contributed by atoms with Crippen LogP contribution < -0.4 is 5.32 Å². The molecule has 2 rings (SSSR count). The Balaban J connectivity index is 2.48. The zero-order valence-corrected chi connectivity index (χ0v) is 10.5. The first-order chi connectivity index (χ1) is 8.52. The zero-order valence-electron chi connectivity index (χ0n) is 10.5. The lowest BCUT2D eigenvalue weighted by atomic mass is 9.99. The molecule has 2 aromatic rings. The molecule has 96 valence electrons. The molecule has 1 N–H and O–H groups in total. The third kappa shape index (κ3) is 2.26. The summed E-state index contributed by atoms with van der Waals surface area (Å²) in [6.45, 7) is 1.92. The maximum absolute atomic E-state index is 13.3. The summed E-state index contributed by atoms with van der Waals surface area (Å²) in [5.74, 6) is -1.15. The molecule has 0 amide bonds. The fraction of sp³-hybridized carbons (Fsp3) is 0.308. The van der Waals surface area contributed by atoms with Gasteiger partial charge in [0.1, 0.15) is 11.6 Å². The third-order valence-corrected chi connectivity index (χ3v) is 3.09. The molecule has 0 aliphatic carbocycles. The Morgan fingerprint density at radius 2 is 1.83 bits per heavy atom. The van der Waals surface area contributed by atoms with Crippen molar-refractivity contribution < 1.29 is 8.78 Å². The molecule has 0 bridgehead atoms. The van der Waals surface area contributed by atoms with E-state index >= 15 is 0 Å². The van der Waals surface area contributed by atoms with Crippen molar-refractivity contribution in [2.75, 3.05) is 7.05 Å². The second-order valence-corrected chi connectivity index (χ2v) is 4.23. The molecule has 0 radical (unpaired) electrons. The second kappa shape index (κ2) is 4.86. The Morgan fingerprint density at radius 3 is 2.28 bits per heavy atom. The van der Waals surface area contributed by atoms with Crippen LogP contribution >= 0.6 is 0 Å². The summed E-state index contributed by atoms with van der Waals surface area (Å²) in [5.41, 5.74) is 2.41. The molecule has 1 atom stereocenters. The zero-order chi connectivity index (χ0) is 13.3. The minimum atomic E-state index is -0.577. The molecular formula is C13H15F2N3. The van der Waals surface area contributed by atoms with Gasteiger partial charge in [-0.05, 0) is 31.7 Å². The lowest BCUT2D eigenvalue weighted by molar-refractivity contribution is 0.571. The van der Waals surface area contributed by atoms with E-state index in [0.717, 1.165) is 17.3 Å². The van der Waals surface area contributed by atoms with E-state index in [0.29, 0.717) is 5.56 Å². The summed E-state index contributed by atoms with van der Waals surface area (Å²) >= 11 is 0. The van der Waals surface area contributed by atoms with Gasteiger partial charge in [0.05, 0.1) is 12.2 Å². The van der Waals surface area contributed by atoms with E-state index in [1.165, 1.54) is 12.1 Å². The Kier molecular flexibility index (Phi) is 3.43. The smallest absolute Gasteiger partial charge is 0.126 e. The first-order valence-electron chi connectivity index (χ1n) is 5.64. The highest BCUT2D eigenvalue weighted by Gasteiger charge is 2.18. The van der Waals surface area contributed by atoms with Crippen LogP contribution in [0.4, 0.5) is 8.78 Å². The van der Waals surface area contributed by atoms with Crippen molar-refractivity contribution in [1.29, 1.82) is 0 Å². The molecule has 0 aliphatic heterocycles. The van der Waals surface area contributed by atoms with Crippen molar-refractivity contribution in [3.63, 3.8) is 0 Å². The average molecular weight is 251 g/mol. The monoisotopic (exact) mass is 251 g/mol. The van der Waals surface area contributed by atoms with E-state index in [1.807, 2.05) is 14.0 Å². The van der Waals surface area contributed by atoms with Gasteiger partial charge in [0.25, 0.3) is 0 Å². The number of nitrogens with zero attached hydrogens (tertiary/aromatic N) is 2. The number of rotatable bonds is 3. The van der Waals surface area contributed by atoms with E-state index < -0.39 is 11.6 Å². The summed E-state index contributed by atoms with van der Waals surface area (Å²) < 4.78 is 28.2. The number of hydrogen-bond acceptors (Lipinski definition) is 2. The maximum Gasteiger partial charge on any atom is 0.126 e. The minimum Gasteiger partial charge on any atom is -0.309 e. The number of aromatic nitrogens is 2. The molecule has 3 nitrogen and oxygen atoms in total. The number of hydrogen-bond donors (Lipinski definition) is 1. The number of benzene rings is 1. The lowest BCUT2D eigenvalue weighted by Crippen LogP contribution is -2.18. The van der Waals surface area contributed by atoms with Gasteiger partial charge in [0.15, 0.2) is 0 Å². The number of nitrogens with one attached hydrogen (secondary N) is 1. The summed E-state index contributed by atoms with van der Waals surface area (Å²) in [7, 11) is 3.58. The predicted molar refractivity (Wildman–Crippen MR) is 65.2 cm³/mol. The summed E-state index contributed by atoms with van der Waals surface area (Å²) in [6, 6.07) is 3.25. The summed E-state index contributed by atoms with van der Waals surface area (Å²) in [5, 5.41) is 7.20. The van der Waals surface area contributed by atoms with Gasteiger partial charge in [-0.15, -0.1) is 0 Å². The third-order valence-electron chi connectivity index (χ3n) is 3.09. The molecular weight excluding hydrogens is 236 g/mol. The quantitative estimate of drug-likeness (QED) is 0.907. The Morgan fingerprint density at radius 1 is 1.22 bits per heavy atom. The Labute approximate surface area is 104 Å². The van der Waals surface area contributed by atoms with E-state index in [-0.39, 0.29) is 6.04 Å². The average Bonchev–Trinajstić information content (AvgIpc) is 2.61. The van der Waals surface area contributed by atoms with Gasteiger partial charge in [-0.25, -0.2) is 8.78 Å². The molecule has 0 spiro atoms. The second-order valence-electron chi connectivity index (χ2n) is 4.23. The molecule has 0 aliphatic rings. The number of halogens is 2. The van der Waals surface area contributed by atoms with Crippen molar-refractivity contribution >= 4 is 0 Å². The molecule has 0 saturated carbocycles. The van der Waals surface area contributed by atoms with E-state index in [1.54, 1.807) is 17.9 Å². The van der Waals surface area contributed by atoms with Crippen LogP contribution in [0.2, 0.25) is 0 Å². The van der Waals surface area contributed by atoms with Gasteiger partial charge in [-0.2, -0.15) is 5.10 Å². The normalized spacial score (nSPS) is 12.7. The van der Waals surface area contributed by atoms with E-state index in [4.69, 9.17) is 0 Å². The van der Waals surface area contributed by atoms with E-state index in [2.05, 4.69) is 10.4 Å². The molecule has 1 unspecified atom stereocenters. The number of aryl methyl sites for hydroxylation is 1. The first kappa shape index (κ1) is 12.7. The molecule has 18 heavy (non-hydrogen) atoms. The van der Waals surface area contributed by atoms with Crippen LogP contribution in [0.1, 0.15) is 22.9 Å². The SMILES string of the molecule is CNC(c1cc(F)cc(F)c1)c1cnn(C)c1C. The highest BCUT2D eigenvalue weighted by molar-refractivity contribution is 5.33. The van der Waals surface area contributed by atoms with Crippen molar-refractivity contribution in [3.05, 3.63) is 52.9 Å². The van der Waals surface area contributed by atoms with Gasteiger partial charge in [0, 0.05) is 24.4 Å². The van der Waals surface area contributed by atoms with Crippen molar-refractivity contribution in [1.82, 2.24) is 15.1 Å².